The molecule has 7 heteroatoms. The third kappa shape index (κ3) is 5.42. The Morgan fingerprint density at radius 1 is 1.12 bits per heavy atom. The average Bonchev–Trinajstić information content (AvgIpc) is 3.39. The van der Waals surface area contributed by atoms with Crippen LogP contribution >= 0.6 is 0 Å². The first-order valence-electron chi connectivity index (χ1n) is 11.8. The molecule has 0 aliphatic carbocycles. The highest BCUT2D eigenvalue weighted by Crippen LogP contribution is 2.22. The third-order valence-corrected chi connectivity index (χ3v) is 6.65. The van der Waals surface area contributed by atoms with Crippen molar-refractivity contribution in [3.8, 4) is 5.75 Å². The van der Waals surface area contributed by atoms with Gasteiger partial charge in [-0.1, -0.05) is 29.8 Å². The van der Waals surface area contributed by atoms with Crippen molar-refractivity contribution in [1.82, 2.24) is 25.0 Å². The fourth-order valence-electron chi connectivity index (χ4n) is 4.70. The Labute approximate surface area is 194 Å². The summed E-state index contributed by atoms with van der Waals surface area (Å²) < 4.78 is 7.88. The second-order valence-corrected chi connectivity index (χ2v) is 9.25. The molecular weight excluding hydrogens is 414 g/mol. The van der Waals surface area contributed by atoms with E-state index < -0.39 is 0 Å². The number of aromatic nitrogens is 3. The van der Waals surface area contributed by atoms with Gasteiger partial charge in [0.2, 0.25) is 0 Å². The monoisotopic (exact) mass is 445 g/mol. The van der Waals surface area contributed by atoms with Crippen LogP contribution in [0.5, 0.6) is 5.75 Å². The fourth-order valence-corrected chi connectivity index (χ4v) is 4.70. The minimum Gasteiger partial charge on any atom is -0.488 e. The van der Waals surface area contributed by atoms with E-state index in [2.05, 4.69) is 51.5 Å². The summed E-state index contributed by atoms with van der Waals surface area (Å²) in [7, 11) is 0. The Morgan fingerprint density at radius 2 is 1.88 bits per heavy atom. The summed E-state index contributed by atoms with van der Waals surface area (Å²) in [5.41, 5.74) is 4.22. The Morgan fingerprint density at radius 3 is 2.61 bits per heavy atom. The highest BCUT2D eigenvalue weighted by atomic mass is 16.5. The van der Waals surface area contributed by atoms with Crippen molar-refractivity contribution in [3.63, 3.8) is 0 Å². The molecule has 7 nitrogen and oxygen atoms in total. The molecule has 3 aromatic rings. The van der Waals surface area contributed by atoms with Crippen LogP contribution in [0.3, 0.4) is 0 Å². The molecule has 1 fully saturated rings. The number of hydrogen-bond acceptors (Lipinski definition) is 5. The minimum absolute atomic E-state index is 0.0390. The molecule has 0 radical (unpaired) electrons. The van der Waals surface area contributed by atoms with Gasteiger partial charge in [0.1, 0.15) is 17.5 Å². The molecule has 5 rings (SSSR count). The van der Waals surface area contributed by atoms with Gasteiger partial charge in [-0.3, -0.25) is 19.4 Å². The van der Waals surface area contributed by atoms with Crippen LogP contribution in [-0.4, -0.2) is 51.3 Å². The van der Waals surface area contributed by atoms with Gasteiger partial charge in [0.25, 0.3) is 5.91 Å². The summed E-state index contributed by atoms with van der Waals surface area (Å²) in [4.78, 5) is 19.2. The lowest BCUT2D eigenvalue weighted by Crippen LogP contribution is -2.38. The van der Waals surface area contributed by atoms with E-state index in [1.54, 1.807) is 12.4 Å². The summed E-state index contributed by atoms with van der Waals surface area (Å²) in [6.07, 6.45) is 6.46. The second-order valence-electron chi connectivity index (χ2n) is 9.25. The lowest BCUT2D eigenvalue weighted by molar-refractivity contribution is 0.0928. The number of benzene rings is 1. The van der Waals surface area contributed by atoms with Crippen LogP contribution in [0, 0.1) is 12.8 Å². The second kappa shape index (κ2) is 9.75. The van der Waals surface area contributed by atoms with Gasteiger partial charge in [0.15, 0.2) is 0 Å². The number of pyridine rings is 1. The Kier molecular flexibility index (Phi) is 6.39. The van der Waals surface area contributed by atoms with E-state index >= 15 is 0 Å². The molecule has 0 saturated carbocycles. The average molecular weight is 446 g/mol. The number of fused-ring (bicyclic) bond motifs is 1. The molecule has 1 saturated heterocycles. The van der Waals surface area contributed by atoms with E-state index in [1.807, 2.05) is 22.9 Å². The summed E-state index contributed by atoms with van der Waals surface area (Å²) in [6, 6.07) is 14.4. The lowest BCUT2D eigenvalue weighted by Gasteiger charge is -2.32. The summed E-state index contributed by atoms with van der Waals surface area (Å²) in [5.74, 6) is 1.25. The first-order valence-corrected chi connectivity index (χ1v) is 11.8. The number of rotatable bonds is 7. The summed E-state index contributed by atoms with van der Waals surface area (Å²) in [6.45, 7) is 6.65. The number of piperidine rings is 1. The minimum atomic E-state index is -0.0782. The van der Waals surface area contributed by atoms with Gasteiger partial charge in [-0.15, -0.1) is 0 Å². The molecule has 0 bridgehead atoms. The lowest BCUT2D eigenvalue weighted by atomic mass is 9.96. The molecule has 2 aliphatic heterocycles. The van der Waals surface area contributed by atoms with Crippen molar-refractivity contribution in [2.24, 2.45) is 5.92 Å². The van der Waals surface area contributed by atoms with Crippen LogP contribution in [0.25, 0.3) is 0 Å². The number of aryl methyl sites for hydroxylation is 1. The van der Waals surface area contributed by atoms with E-state index in [4.69, 9.17) is 4.74 Å². The van der Waals surface area contributed by atoms with Crippen molar-refractivity contribution < 1.29 is 9.53 Å². The first kappa shape index (κ1) is 21.6. The zero-order valence-corrected chi connectivity index (χ0v) is 19.1. The smallest absolute Gasteiger partial charge is 0.271 e. The molecule has 2 aromatic heterocycles. The number of likely N-dealkylation sites (tertiary alicyclic amines) is 1. The summed E-state index contributed by atoms with van der Waals surface area (Å²) >= 11 is 0. The van der Waals surface area contributed by atoms with Crippen LogP contribution in [0.4, 0.5) is 0 Å². The van der Waals surface area contributed by atoms with E-state index in [0.717, 1.165) is 50.3 Å². The van der Waals surface area contributed by atoms with Gasteiger partial charge in [-0.2, -0.15) is 5.10 Å². The highest BCUT2D eigenvalue weighted by Gasteiger charge is 2.27. The Balaban J connectivity index is 1.05. The van der Waals surface area contributed by atoms with Gasteiger partial charge >= 0.3 is 0 Å². The maximum Gasteiger partial charge on any atom is 0.271 e. The Bertz CT molecular complexity index is 1050. The van der Waals surface area contributed by atoms with Crippen molar-refractivity contribution >= 4 is 5.91 Å². The number of carbonyl (C=O) groups excluding carboxylic acids is 1. The van der Waals surface area contributed by atoms with Crippen molar-refractivity contribution in [2.45, 2.75) is 45.4 Å². The predicted octanol–water partition coefficient (Wildman–Crippen LogP) is 3.23. The number of ether oxygens (including phenoxy) is 1. The maximum absolute atomic E-state index is 12.7. The number of amides is 1. The molecule has 33 heavy (non-hydrogen) atoms. The molecule has 1 atom stereocenters. The maximum atomic E-state index is 12.7. The third-order valence-electron chi connectivity index (χ3n) is 6.65. The van der Waals surface area contributed by atoms with Gasteiger partial charge in [0.05, 0.1) is 6.54 Å². The molecule has 0 spiro atoms. The van der Waals surface area contributed by atoms with E-state index in [1.165, 1.54) is 11.1 Å². The molecule has 2 aliphatic rings. The number of carbonyl (C=O) groups is 1. The largest absolute Gasteiger partial charge is 0.488 e. The topological polar surface area (TPSA) is 72.3 Å². The van der Waals surface area contributed by atoms with Crippen LogP contribution in [0.1, 0.15) is 40.2 Å². The van der Waals surface area contributed by atoms with Crippen LogP contribution in [-0.2, 0) is 19.5 Å². The quantitative estimate of drug-likeness (QED) is 0.605. The molecule has 1 aromatic carbocycles. The van der Waals surface area contributed by atoms with Gasteiger partial charge in [-0.25, -0.2) is 0 Å². The van der Waals surface area contributed by atoms with Gasteiger partial charge < -0.3 is 10.1 Å². The fraction of sp³-hybridized carbons (Fsp3) is 0.423. The Hall–Kier alpha value is -3.19. The van der Waals surface area contributed by atoms with Crippen molar-refractivity contribution in [3.05, 3.63) is 77.4 Å². The normalized spacial score (nSPS) is 18.8. The highest BCUT2D eigenvalue weighted by molar-refractivity contribution is 5.92. The van der Waals surface area contributed by atoms with Crippen LogP contribution in [0.2, 0.25) is 0 Å². The molecule has 1 amide bonds. The molecule has 172 valence electrons. The van der Waals surface area contributed by atoms with E-state index in [0.29, 0.717) is 24.7 Å². The standard InChI is InChI=1S/C26H31N5O2/c1-19-2-4-21(5-3-19)17-30-12-8-20(9-13-30)16-28-26(32)25-15-22-14-24(18-31(22)29-25)33-23-6-10-27-11-7-23/h2-7,10-11,15,20,24H,8-9,12-14,16-18H2,1H3,(H,28,32). The van der Waals surface area contributed by atoms with E-state index in [-0.39, 0.29) is 12.0 Å². The van der Waals surface area contributed by atoms with Crippen LogP contribution < -0.4 is 10.1 Å². The number of nitrogens with one attached hydrogen (secondary N) is 1. The van der Waals surface area contributed by atoms with Crippen LogP contribution in [0.15, 0.2) is 54.9 Å². The SMILES string of the molecule is Cc1ccc(CN2CCC(CNC(=O)c3cc4n(n3)CC(Oc3ccncc3)C4)CC2)cc1. The number of nitrogens with zero attached hydrogens (tertiary/aromatic N) is 4. The molecular formula is C26H31N5O2. The van der Waals surface area contributed by atoms with Gasteiger partial charge in [-0.05, 0) is 62.5 Å². The molecule has 1 unspecified atom stereocenters. The first-order chi connectivity index (χ1) is 16.1. The zero-order chi connectivity index (χ0) is 22.6. The predicted molar refractivity (Wildman–Crippen MR) is 126 cm³/mol. The molecule has 1 N–H and O–H groups in total. The summed E-state index contributed by atoms with van der Waals surface area (Å²) in [5, 5.41) is 7.62. The van der Waals surface area contributed by atoms with Gasteiger partial charge in [0, 0.05) is 37.6 Å². The molecule has 4 heterocycles. The zero-order valence-electron chi connectivity index (χ0n) is 19.1. The number of hydrogen-bond donors (Lipinski definition) is 1. The van der Waals surface area contributed by atoms with E-state index in [9.17, 15) is 4.79 Å². The van der Waals surface area contributed by atoms with Crippen molar-refractivity contribution in [2.75, 3.05) is 19.6 Å². The van der Waals surface area contributed by atoms with Crippen molar-refractivity contribution in [1.29, 1.82) is 0 Å².